The molecule has 1 aliphatic carbocycles. The highest BCUT2D eigenvalue weighted by molar-refractivity contribution is 5.29. The summed E-state index contributed by atoms with van der Waals surface area (Å²) >= 11 is 0. The highest BCUT2D eigenvalue weighted by Crippen LogP contribution is 2.40. The van der Waals surface area contributed by atoms with E-state index in [1.807, 2.05) is 13.0 Å². The number of benzene rings is 2. The molecule has 0 amide bonds. The van der Waals surface area contributed by atoms with Crippen molar-refractivity contribution in [1.29, 1.82) is 0 Å². The average molecular weight is 375 g/mol. The monoisotopic (exact) mass is 374 g/mol. The minimum absolute atomic E-state index is 0.709. The second-order valence-electron chi connectivity index (χ2n) is 7.93. The summed E-state index contributed by atoms with van der Waals surface area (Å²) in [5.74, 6) is 1.43. The third kappa shape index (κ3) is 5.94. The largest absolute Gasteiger partial charge is 0.376 e. The van der Waals surface area contributed by atoms with E-state index >= 15 is 0 Å². The molecule has 0 aromatic heterocycles. The minimum Gasteiger partial charge on any atom is -0.376 e. The summed E-state index contributed by atoms with van der Waals surface area (Å²) in [6.45, 7) is 7.39. The van der Waals surface area contributed by atoms with Crippen LogP contribution in [0.25, 0.3) is 0 Å². The molecule has 0 unspecified atom stereocenters. The van der Waals surface area contributed by atoms with Gasteiger partial charge >= 0.3 is 0 Å². The van der Waals surface area contributed by atoms with Crippen molar-refractivity contribution in [3.63, 3.8) is 0 Å². The van der Waals surface area contributed by atoms with Gasteiger partial charge in [0.15, 0.2) is 0 Å². The van der Waals surface area contributed by atoms with Gasteiger partial charge in [-0.05, 0) is 79.5 Å². The zero-order valence-corrected chi connectivity index (χ0v) is 17.3. The van der Waals surface area contributed by atoms with Gasteiger partial charge in [-0.15, -0.1) is 6.58 Å². The Morgan fingerprint density at radius 1 is 0.857 bits per heavy atom. The van der Waals surface area contributed by atoms with E-state index in [9.17, 15) is 0 Å². The van der Waals surface area contributed by atoms with Gasteiger partial charge in [0, 0.05) is 0 Å². The van der Waals surface area contributed by atoms with Crippen LogP contribution in [0.3, 0.4) is 0 Å². The molecule has 1 nitrogen and oxygen atoms in total. The highest BCUT2D eigenvalue weighted by atomic mass is 16.5. The van der Waals surface area contributed by atoms with Gasteiger partial charge in [0.2, 0.25) is 0 Å². The molecule has 2 aromatic rings. The van der Waals surface area contributed by atoms with Gasteiger partial charge in [0.05, 0.1) is 13.2 Å². The Bertz CT molecular complexity index is 731. The third-order valence-corrected chi connectivity index (χ3v) is 5.94. The molecular formula is C27H34O. The summed E-state index contributed by atoms with van der Waals surface area (Å²) in [5.41, 5.74) is 5.64. The number of rotatable bonds is 9. The maximum atomic E-state index is 5.74. The first-order valence-corrected chi connectivity index (χ1v) is 10.8. The fraction of sp³-hybridized carbons (Fsp3) is 0.407. The van der Waals surface area contributed by atoms with E-state index in [0.717, 1.165) is 25.4 Å². The molecule has 0 saturated heterocycles. The lowest BCUT2D eigenvalue weighted by Gasteiger charge is -2.29. The molecular weight excluding hydrogens is 340 g/mol. The van der Waals surface area contributed by atoms with Gasteiger partial charge in [-0.1, -0.05) is 66.8 Å². The van der Waals surface area contributed by atoms with E-state index in [1.54, 1.807) is 0 Å². The summed E-state index contributed by atoms with van der Waals surface area (Å²) in [7, 11) is 0. The van der Waals surface area contributed by atoms with Gasteiger partial charge in [-0.3, -0.25) is 0 Å². The van der Waals surface area contributed by atoms with Crippen LogP contribution < -0.4 is 0 Å². The molecule has 0 N–H and O–H groups in total. The smallest absolute Gasteiger partial charge is 0.0717 e. The molecule has 0 spiro atoms. The molecule has 0 heterocycles. The Hall–Kier alpha value is -2.12. The number of allylic oxidation sites excluding steroid dienone is 2. The van der Waals surface area contributed by atoms with Crippen molar-refractivity contribution in [3.05, 3.63) is 95.6 Å². The molecule has 0 radical (unpaired) electrons. The Labute approximate surface area is 171 Å². The Morgan fingerprint density at radius 3 is 1.89 bits per heavy atom. The maximum Gasteiger partial charge on any atom is 0.0717 e. The minimum atomic E-state index is 0.709. The maximum absolute atomic E-state index is 5.74. The molecule has 1 aliphatic rings. The second-order valence-corrected chi connectivity index (χ2v) is 7.93. The first-order valence-electron chi connectivity index (χ1n) is 10.8. The zero-order valence-electron chi connectivity index (χ0n) is 17.3. The Kier molecular flexibility index (Phi) is 8.11. The standard InChI is InChI=1S/C27H34O/c1-3-5-6-20-28-21-23-10-14-25(15-11-23)27-18-16-26(17-19-27)24-12-8-22(7-4-2)9-13-24/h3-5,8-15,26-27H,2,6-7,16-21H2,1H3/t26-,27-. The zero-order chi connectivity index (χ0) is 19.6. The number of ether oxygens (including phenoxy) is 1. The second kappa shape index (κ2) is 11.0. The van der Waals surface area contributed by atoms with E-state index in [4.69, 9.17) is 4.74 Å². The Morgan fingerprint density at radius 2 is 1.39 bits per heavy atom. The van der Waals surface area contributed by atoms with E-state index < -0.39 is 0 Å². The fourth-order valence-corrected chi connectivity index (χ4v) is 4.25. The van der Waals surface area contributed by atoms with Gasteiger partial charge < -0.3 is 4.74 Å². The van der Waals surface area contributed by atoms with Crippen LogP contribution in [0.4, 0.5) is 0 Å². The number of hydrogen-bond donors (Lipinski definition) is 0. The van der Waals surface area contributed by atoms with Crippen molar-refractivity contribution in [2.24, 2.45) is 0 Å². The normalized spacial score (nSPS) is 19.8. The molecule has 1 saturated carbocycles. The van der Waals surface area contributed by atoms with Crippen molar-refractivity contribution in [3.8, 4) is 0 Å². The molecule has 0 atom stereocenters. The summed E-state index contributed by atoms with van der Waals surface area (Å²) in [5, 5.41) is 0. The summed E-state index contributed by atoms with van der Waals surface area (Å²) in [6, 6.07) is 18.3. The topological polar surface area (TPSA) is 9.23 Å². The van der Waals surface area contributed by atoms with Crippen molar-refractivity contribution < 1.29 is 4.74 Å². The first kappa shape index (κ1) is 20.6. The van der Waals surface area contributed by atoms with Crippen molar-refractivity contribution in [2.75, 3.05) is 6.61 Å². The van der Waals surface area contributed by atoms with Crippen LogP contribution in [-0.2, 0) is 17.8 Å². The lowest BCUT2D eigenvalue weighted by atomic mass is 9.76. The lowest BCUT2D eigenvalue weighted by Crippen LogP contribution is -2.12. The predicted molar refractivity (Wildman–Crippen MR) is 120 cm³/mol. The van der Waals surface area contributed by atoms with Crippen molar-refractivity contribution >= 4 is 0 Å². The first-order chi connectivity index (χ1) is 13.8. The molecule has 148 valence electrons. The molecule has 2 aromatic carbocycles. The SMILES string of the molecule is C=CCc1ccc([C@H]2CC[C@H](c3ccc(COCCC=CC)cc3)CC2)cc1. The molecule has 1 fully saturated rings. The molecule has 0 bridgehead atoms. The van der Waals surface area contributed by atoms with Crippen LogP contribution in [0.1, 0.15) is 73.1 Å². The Balaban J connectivity index is 1.47. The van der Waals surface area contributed by atoms with Gasteiger partial charge in [-0.2, -0.15) is 0 Å². The molecule has 1 heteroatoms. The van der Waals surface area contributed by atoms with Crippen LogP contribution in [0.2, 0.25) is 0 Å². The van der Waals surface area contributed by atoms with Gasteiger partial charge in [0.1, 0.15) is 0 Å². The summed E-state index contributed by atoms with van der Waals surface area (Å²) in [6.07, 6.45) is 13.3. The molecule has 28 heavy (non-hydrogen) atoms. The van der Waals surface area contributed by atoms with Crippen LogP contribution in [0.5, 0.6) is 0 Å². The predicted octanol–water partition coefficient (Wildman–Crippen LogP) is 7.34. The van der Waals surface area contributed by atoms with Gasteiger partial charge in [0.25, 0.3) is 0 Å². The molecule has 0 aliphatic heterocycles. The van der Waals surface area contributed by atoms with E-state index in [1.165, 1.54) is 47.9 Å². The lowest BCUT2D eigenvalue weighted by molar-refractivity contribution is 0.125. The van der Waals surface area contributed by atoms with Crippen molar-refractivity contribution in [1.82, 2.24) is 0 Å². The summed E-state index contributed by atoms with van der Waals surface area (Å²) < 4.78 is 5.74. The fourth-order valence-electron chi connectivity index (χ4n) is 4.25. The van der Waals surface area contributed by atoms with E-state index in [-0.39, 0.29) is 0 Å². The van der Waals surface area contributed by atoms with Crippen LogP contribution in [-0.4, -0.2) is 6.61 Å². The van der Waals surface area contributed by atoms with Crippen molar-refractivity contribution in [2.45, 2.75) is 63.9 Å². The van der Waals surface area contributed by atoms with Crippen LogP contribution in [0, 0.1) is 0 Å². The number of hydrogen-bond acceptors (Lipinski definition) is 1. The molecule has 3 rings (SSSR count). The van der Waals surface area contributed by atoms with E-state index in [2.05, 4.69) is 67.3 Å². The highest BCUT2D eigenvalue weighted by Gasteiger charge is 2.23. The average Bonchev–Trinajstić information content (AvgIpc) is 2.75. The summed E-state index contributed by atoms with van der Waals surface area (Å²) in [4.78, 5) is 0. The van der Waals surface area contributed by atoms with Crippen LogP contribution >= 0.6 is 0 Å². The quantitative estimate of drug-likeness (QED) is 0.329. The van der Waals surface area contributed by atoms with Gasteiger partial charge in [-0.25, -0.2) is 0 Å². The third-order valence-electron chi connectivity index (χ3n) is 5.94. The van der Waals surface area contributed by atoms with E-state index in [0.29, 0.717) is 12.5 Å². The van der Waals surface area contributed by atoms with Crippen LogP contribution in [0.15, 0.2) is 73.3 Å².